The zero-order valence-electron chi connectivity index (χ0n) is 20.0. The van der Waals surface area contributed by atoms with Crippen molar-refractivity contribution in [2.24, 2.45) is 15.7 Å². The van der Waals surface area contributed by atoms with E-state index in [1.54, 1.807) is 6.08 Å². The van der Waals surface area contributed by atoms with E-state index in [1.165, 1.54) is 0 Å². The predicted molar refractivity (Wildman–Crippen MR) is 145 cm³/mol. The lowest BCUT2D eigenvalue weighted by Gasteiger charge is -2.28. The summed E-state index contributed by atoms with van der Waals surface area (Å²) in [5.74, 6) is 0.413. The van der Waals surface area contributed by atoms with Gasteiger partial charge < -0.3 is 16.0 Å². The molecule has 0 spiro atoms. The summed E-state index contributed by atoms with van der Waals surface area (Å²) in [6.45, 7) is 10.4. The number of halogens is 2. The first kappa shape index (κ1) is 26.1. The highest BCUT2D eigenvalue weighted by Crippen LogP contribution is 2.39. The van der Waals surface area contributed by atoms with Gasteiger partial charge in [-0.1, -0.05) is 13.0 Å². The van der Waals surface area contributed by atoms with Crippen LogP contribution >= 0.6 is 27.5 Å². The number of anilines is 1. The first-order chi connectivity index (χ1) is 16.3. The molecule has 1 aliphatic heterocycles. The third-order valence-electron chi connectivity index (χ3n) is 5.61. The van der Waals surface area contributed by atoms with E-state index in [-0.39, 0.29) is 22.9 Å². The minimum absolute atomic E-state index is 0.133. The number of likely N-dealkylation sites (N-methyl/N-ethyl adjacent to an activating group) is 1. The highest BCUT2D eigenvalue weighted by molar-refractivity contribution is 9.12. The van der Waals surface area contributed by atoms with Gasteiger partial charge >= 0.3 is 0 Å². The van der Waals surface area contributed by atoms with E-state index in [1.807, 2.05) is 26.0 Å². The molecule has 3 N–H and O–H groups in total. The number of nitrogens with zero attached hydrogens (tertiary/aromatic N) is 5. The third kappa shape index (κ3) is 5.93. The number of fused-ring (bicyclic) bond motifs is 1. The summed E-state index contributed by atoms with van der Waals surface area (Å²) in [5.41, 5.74) is 10.3. The number of nitrogens with one attached hydrogen (secondary N) is 1. The molecule has 1 atom stereocenters. The van der Waals surface area contributed by atoms with Crippen LogP contribution in [0.4, 0.5) is 5.82 Å². The summed E-state index contributed by atoms with van der Waals surface area (Å²) >= 11 is 10.0. The summed E-state index contributed by atoms with van der Waals surface area (Å²) in [5, 5.41) is 2.88. The fourth-order valence-electron chi connectivity index (χ4n) is 3.78. The highest BCUT2D eigenvalue weighted by atomic mass is 79.9. The van der Waals surface area contributed by atoms with Gasteiger partial charge in [-0.05, 0) is 73.3 Å². The third-order valence-corrected chi connectivity index (χ3v) is 6.38. The monoisotopic (exact) mass is 547 g/mol. The van der Waals surface area contributed by atoms with Crippen LogP contribution in [-0.2, 0) is 4.79 Å². The minimum Gasteiger partial charge on any atom is -0.394 e. The summed E-state index contributed by atoms with van der Waals surface area (Å²) in [7, 11) is 0. The molecule has 3 rings (SSSR count). The Balaban J connectivity index is 2.07. The molecule has 1 unspecified atom stereocenters. The number of carbonyl (C=O) groups excluding carboxylic acids is 1. The number of aliphatic imine (C=N–C) groups is 2. The second-order valence-corrected chi connectivity index (χ2v) is 9.31. The van der Waals surface area contributed by atoms with Crippen molar-refractivity contribution in [3.63, 3.8) is 0 Å². The number of allylic oxidation sites excluding steroid dienone is 3. The number of aromatic nitrogens is 2. The van der Waals surface area contributed by atoms with Crippen LogP contribution in [0.5, 0.6) is 0 Å². The average Bonchev–Trinajstić information content (AvgIpc) is 3.04. The molecule has 2 heterocycles. The number of hydrogen-bond donors (Lipinski definition) is 2. The van der Waals surface area contributed by atoms with E-state index in [0.717, 1.165) is 52.2 Å². The largest absolute Gasteiger partial charge is 0.394 e. The van der Waals surface area contributed by atoms with Gasteiger partial charge in [-0.2, -0.15) is 4.98 Å². The van der Waals surface area contributed by atoms with E-state index in [2.05, 4.69) is 55.0 Å². The summed E-state index contributed by atoms with van der Waals surface area (Å²) in [6, 6.07) is 0.170. The molecular formula is C24H31BrClN7O. The molecular weight excluding hydrogens is 518 g/mol. The summed E-state index contributed by atoms with van der Waals surface area (Å²) in [4.78, 5) is 32.9. The van der Waals surface area contributed by atoms with Crippen molar-refractivity contribution >= 4 is 62.3 Å². The Morgan fingerprint density at radius 2 is 2.18 bits per heavy atom. The number of nitrogens with two attached hydrogens (primary N) is 1. The number of hydrogen-bond acceptors (Lipinski definition) is 7. The molecule has 1 amide bonds. The van der Waals surface area contributed by atoms with Gasteiger partial charge in [0.05, 0.1) is 34.9 Å². The molecule has 1 aliphatic carbocycles. The minimum atomic E-state index is -0.305. The van der Waals surface area contributed by atoms with Crippen LogP contribution in [-0.4, -0.2) is 59.5 Å². The van der Waals surface area contributed by atoms with E-state index in [9.17, 15) is 4.79 Å². The highest BCUT2D eigenvalue weighted by Gasteiger charge is 2.29. The van der Waals surface area contributed by atoms with Crippen molar-refractivity contribution in [2.75, 3.05) is 31.1 Å². The molecule has 0 radical (unpaired) electrons. The summed E-state index contributed by atoms with van der Waals surface area (Å²) in [6.07, 6.45) is 7.38. The molecule has 182 valence electrons. The van der Waals surface area contributed by atoms with Crippen LogP contribution in [0, 0.1) is 0 Å². The lowest BCUT2D eigenvalue weighted by Crippen LogP contribution is -2.33. The first-order valence-electron chi connectivity index (χ1n) is 11.5. The Bertz CT molecular complexity index is 1110. The van der Waals surface area contributed by atoms with Crippen molar-refractivity contribution in [3.05, 3.63) is 38.9 Å². The maximum absolute atomic E-state index is 12.1. The maximum Gasteiger partial charge on any atom is 0.267 e. The molecule has 0 bridgehead atoms. The molecule has 0 saturated heterocycles. The van der Waals surface area contributed by atoms with Crippen LogP contribution < -0.4 is 16.0 Å². The fourth-order valence-corrected chi connectivity index (χ4v) is 4.48. The Labute approximate surface area is 214 Å². The zero-order chi connectivity index (χ0) is 24.8. The zero-order valence-corrected chi connectivity index (χ0v) is 22.4. The molecule has 1 aromatic heterocycles. The first-order valence-corrected chi connectivity index (χ1v) is 12.7. The van der Waals surface area contributed by atoms with Crippen LogP contribution in [0.2, 0.25) is 5.28 Å². The number of carbonyl (C=O) groups is 1. The van der Waals surface area contributed by atoms with Crippen molar-refractivity contribution in [1.29, 1.82) is 0 Å². The van der Waals surface area contributed by atoms with E-state index < -0.39 is 0 Å². The Morgan fingerprint density at radius 3 is 2.85 bits per heavy atom. The van der Waals surface area contributed by atoms with Crippen molar-refractivity contribution in [2.45, 2.75) is 46.6 Å². The van der Waals surface area contributed by atoms with E-state index >= 15 is 0 Å². The fraction of sp³-hybridized carbons (Fsp3) is 0.458. The Morgan fingerprint density at radius 1 is 1.41 bits per heavy atom. The molecule has 0 aromatic carbocycles. The lowest BCUT2D eigenvalue weighted by molar-refractivity contribution is -0.117. The van der Waals surface area contributed by atoms with Gasteiger partial charge in [-0.15, -0.1) is 0 Å². The van der Waals surface area contributed by atoms with Gasteiger partial charge in [0, 0.05) is 35.7 Å². The van der Waals surface area contributed by atoms with Crippen LogP contribution in [0.3, 0.4) is 0 Å². The van der Waals surface area contributed by atoms with Gasteiger partial charge in [0.1, 0.15) is 5.82 Å². The SMILES string of the molecule is C/C=C1\C(=NC(C)CC)C(Br)=Cc2nc(Cl)nc(N3CCCN=C(/C=C(\N)C(=O)NCC)C3)c21. The number of rotatable bonds is 6. The molecule has 8 nitrogen and oxygen atoms in total. The maximum atomic E-state index is 12.1. The Kier molecular flexibility index (Phi) is 9.02. The van der Waals surface area contributed by atoms with Crippen molar-refractivity contribution in [3.8, 4) is 0 Å². The second-order valence-electron chi connectivity index (χ2n) is 8.11. The lowest BCUT2D eigenvalue weighted by atomic mass is 9.93. The second kappa shape index (κ2) is 11.8. The molecule has 0 fully saturated rings. The van der Waals surface area contributed by atoms with Crippen LogP contribution in [0.25, 0.3) is 11.6 Å². The molecule has 34 heavy (non-hydrogen) atoms. The Hall–Kier alpha value is -2.52. The predicted octanol–water partition coefficient (Wildman–Crippen LogP) is 4.15. The topological polar surface area (TPSA) is 109 Å². The van der Waals surface area contributed by atoms with Gasteiger partial charge in [-0.3, -0.25) is 14.8 Å². The van der Waals surface area contributed by atoms with Gasteiger partial charge in [0.15, 0.2) is 0 Å². The van der Waals surface area contributed by atoms with E-state index in [4.69, 9.17) is 22.3 Å². The quantitative estimate of drug-likeness (QED) is 0.410. The molecule has 0 saturated carbocycles. The smallest absolute Gasteiger partial charge is 0.267 e. The van der Waals surface area contributed by atoms with Crippen LogP contribution in [0.1, 0.15) is 51.8 Å². The van der Waals surface area contributed by atoms with E-state index in [0.29, 0.717) is 25.3 Å². The van der Waals surface area contributed by atoms with Gasteiger partial charge in [0.25, 0.3) is 5.91 Å². The van der Waals surface area contributed by atoms with Gasteiger partial charge in [-0.25, -0.2) is 4.98 Å². The standard InChI is InChI=1S/C24H31BrClN7O/c1-5-14(4)30-21-16(6-2)20-19(12-17(21)25)31-24(26)32-22(20)33-10-8-9-29-15(13-33)11-18(27)23(34)28-7-3/h6,11-12,14H,5,7-10,13,27H2,1-4H3,(H,28,34)/b16-6-,18-11-,30-21?. The molecule has 1 aromatic rings. The number of amides is 1. The molecule has 10 heteroatoms. The normalized spacial score (nSPS) is 19.9. The van der Waals surface area contributed by atoms with Crippen molar-refractivity contribution < 1.29 is 4.79 Å². The average molecular weight is 549 g/mol. The van der Waals surface area contributed by atoms with Crippen molar-refractivity contribution in [1.82, 2.24) is 15.3 Å². The summed E-state index contributed by atoms with van der Waals surface area (Å²) < 4.78 is 0.866. The van der Waals surface area contributed by atoms with Gasteiger partial charge in [0.2, 0.25) is 5.28 Å². The van der Waals surface area contributed by atoms with Crippen LogP contribution in [0.15, 0.2) is 32.3 Å². The molecule has 2 aliphatic rings.